The number of hydrogen-bond acceptors (Lipinski definition) is 5. The number of aromatic nitrogens is 2. The molecule has 2 aromatic carbocycles. The zero-order chi connectivity index (χ0) is 17.7. The first-order chi connectivity index (χ1) is 12.7. The summed E-state index contributed by atoms with van der Waals surface area (Å²) in [6.45, 7) is 0. The van der Waals surface area contributed by atoms with Crippen molar-refractivity contribution in [3.63, 3.8) is 0 Å². The van der Waals surface area contributed by atoms with Crippen LogP contribution in [0.4, 0.5) is 5.69 Å². The molecule has 0 aliphatic carbocycles. The lowest BCUT2D eigenvalue weighted by molar-refractivity contribution is -0.121. The number of imide groups is 1. The van der Waals surface area contributed by atoms with E-state index in [2.05, 4.69) is 9.97 Å². The average Bonchev–Trinajstić information content (AvgIpc) is 3.32. The molecule has 0 bridgehead atoms. The van der Waals surface area contributed by atoms with Crippen molar-refractivity contribution in [3.8, 4) is 0 Å². The van der Waals surface area contributed by atoms with Crippen LogP contribution >= 0.6 is 11.8 Å². The molecule has 6 nitrogen and oxygen atoms in total. The highest BCUT2D eigenvalue weighted by Crippen LogP contribution is 2.35. The molecule has 1 aliphatic rings. The molecule has 26 heavy (non-hydrogen) atoms. The predicted octanol–water partition coefficient (Wildman–Crippen LogP) is 3.73. The number of amides is 2. The second-order valence-corrected chi connectivity index (χ2v) is 7.23. The van der Waals surface area contributed by atoms with E-state index in [1.165, 1.54) is 16.7 Å². The van der Waals surface area contributed by atoms with Crippen molar-refractivity contribution in [2.24, 2.45) is 0 Å². The Morgan fingerprint density at radius 1 is 1.15 bits per heavy atom. The fraction of sp³-hybridized carbons (Fsp3) is 0.105. The number of para-hydroxylation sites is 2. The van der Waals surface area contributed by atoms with Crippen molar-refractivity contribution < 1.29 is 14.0 Å². The van der Waals surface area contributed by atoms with Gasteiger partial charge in [-0.1, -0.05) is 30.0 Å². The Morgan fingerprint density at radius 3 is 2.92 bits per heavy atom. The molecule has 3 heterocycles. The van der Waals surface area contributed by atoms with Crippen molar-refractivity contribution >= 4 is 51.3 Å². The van der Waals surface area contributed by atoms with E-state index < -0.39 is 5.25 Å². The van der Waals surface area contributed by atoms with Crippen LogP contribution in [0.3, 0.4) is 0 Å². The van der Waals surface area contributed by atoms with Crippen LogP contribution in [0.5, 0.6) is 0 Å². The lowest BCUT2D eigenvalue weighted by Gasteiger charge is -2.14. The second-order valence-electron chi connectivity index (χ2n) is 6.07. The topological polar surface area (TPSA) is 79.2 Å². The summed E-state index contributed by atoms with van der Waals surface area (Å²) in [5.41, 5.74) is 2.87. The lowest BCUT2D eigenvalue weighted by atomic mass is 10.2. The van der Waals surface area contributed by atoms with Gasteiger partial charge >= 0.3 is 0 Å². The van der Waals surface area contributed by atoms with Crippen LogP contribution in [0.2, 0.25) is 0 Å². The van der Waals surface area contributed by atoms with E-state index in [1.807, 2.05) is 48.7 Å². The molecule has 1 saturated heterocycles. The molecule has 1 unspecified atom stereocenters. The Kier molecular flexibility index (Phi) is 3.36. The summed E-state index contributed by atoms with van der Waals surface area (Å²) in [6, 6.07) is 14.9. The largest absolute Gasteiger partial charge is 0.431 e. The quantitative estimate of drug-likeness (QED) is 0.561. The Balaban J connectivity index is 1.43. The fourth-order valence-corrected chi connectivity index (χ4v) is 4.13. The molecule has 1 atom stereocenters. The first-order valence-corrected chi connectivity index (χ1v) is 9.03. The monoisotopic (exact) mass is 363 g/mol. The number of fused-ring (bicyclic) bond motifs is 2. The van der Waals surface area contributed by atoms with E-state index in [0.29, 0.717) is 16.5 Å². The SMILES string of the molecule is O=C1CC(Sc2nc3ccccc3o2)C(=O)N1c1ccc2cc[nH]c2c1. The number of oxazole rings is 1. The minimum Gasteiger partial charge on any atom is -0.431 e. The molecule has 4 aromatic rings. The molecule has 0 saturated carbocycles. The van der Waals surface area contributed by atoms with Gasteiger partial charge in [0.15, 0.2) is 5.58 Å². The fourth-order valence-electron chi connectivity index (χ4n) is 3.17. The van der Waals surface area contributed by atoms with Crippen molar-refractivity contribution in [1.82, 2.24) is 9.97 Å². The number of anilines is 1. The normalized spacial score (nSPS) is 17.7. The summed E-state index contributed by atoms with van der Waals surface area (Å²) in [7, 11) is 0. The van der Waals surface area contributed by atoms with Crippen LogP contribution < -0.4 is 4.90 Å². The number of rotatable bonds is 3. The molecule has 0 spiro atoms. The van der Waals surface area contributed by atoms with Gasteiger partial charge in [-0.05, 0) is 35.7 Å². The highest BCUT2D eigenvalue weighted by atomic mass is 32.2. The third kappa shape index (κ3) is 2.40. The van der Waals surface area contributed by atoms with Crippen LogP contribution in [-0.2, 0) is 9.59 Å². The van der Waals surface area contributed by atoms with E-state index in [1.54, 1.807) is 6.07 Å². The average molecular weight is 363 g/mol. The van der Waals surface area contributed by atoms with Gasteiger partial charge in [-0.25, -0.2) is 9.88 Å². The maximum Gasteiger partial charge on any atom is 0.257 e. The van der Waals surface area contributed by atoms with Gasteiger partial charge in [0.1, 0.15) is 10.8 Å². The molecule has 1 aliphatic heterocycles. The molecule has 1 fully saturated rings. The van der Waals surface area contributed by atoms with E-state index >= 15 is 0 Å². The number of aromatic amines is 1. The van der Waals surface area contributed by atoms with Gasteiger partial charge in [0.25, 0.3) is 5.22 Å². The van der Waals surface area contributed by atoms with Gasteiger partial charge in [0, 0.05) is 18.1 Å². The maximum atomic E-state index is 12.8. The maximum absolute atomic E-state index is 12.8. The van der Waals surface area contributed by atoms with Crippen molar-refractivity contribution in [2.45, 2.75) is 16.9 Å². The number of H-pyrrole nitrogens is 1. The molecular formula is C19H13N3O3S. The molecule has 2 aromatic heterocycles. The third-order valence-corrected chi connectivity index (χ3v) is 5.45. The summed E-state index contributed by atoms with van der Waals surface area (Å²) >= 11 is 1.19. The van der Waals surface area contributed by atoms with Crippen molar-refractivity contribution in [3.05, 3.63) is 54.7 Å². The Morgan fingerprint density at radius 2 is 2.04 bits per heavy atom. The summed E-state index contributed by atoms with van der Waals surface area (Å²) in [6.07, 6.45) is 1.96. The standard InChI is InChI=1S/C19H13N3O3S/c23-17-10-16(26-19-21-13-3-1-2-4-15(13)25-19)18(24)22(17)12-6-5-11-7-8-20-14(11)9-12/h1-9,16,20H,10H2. The lowest BCUT2D eigenvalue weighted by Crippen LogP contribution is -2.31. The zero-order valence-electron chi connectivity index (χ0n) is 13.5. The summed E-state index contributed by atoms with van der Waals surface area (Å²) < 4.78 is 5.67. The van der Waals surface area contributed by atoms with Crippen LogP contribution in [0.15, 0.2) is 64.4 Å². The summed E-state index contributed by atoms with van der Waals surface area (Å²) in [5, 5.41) is 0.902. The van der Waals surface area contributed by atoms with E-state index in [-0.39, 0.29) is 18.2 Å². The van der Waals surface area contributed by atoms with Gasteiger partial charge < -0.3 is 9.40 Å². The number of benzene rings is 2. The van der Waals surface area contributed by atoms with Gasteiger partial charge in [0.2, 0.25) is 11.8 Å². The van der Waals surface area contributed by atoms with Crippen LogP contribution in [-0.4, -0.2) is 27.0 Å². The molecular weight excluding hydrogens is 350 g/mol. The van der Waals surface area contributed by atoms with Crippen molar-refractivity contribution in [2.75, 3.05) is 4.90 Å². The Hall–Kier alpha value is -3.06. The molecule has 0 radical (unpaired) electrons. The second kappa shape index (κ2) is 5.74. The highest BCUT2D eigenvalue weighted by Gasteiger charge is 2.41. The number of nitrogens with one attached hydrogen (secondary N) is 1. The molecule has 1 N–H and O–H groups in total. The summed E-state index contributed by atoms with van der Waals surface area (Å²) in [5.74, 6) is -0.456. The van der Waals surface area contributed by atoms with E-state index in [4.69, 9.17) is 4.42 Å². The van der Waals surface area contributed by atoms with Crippen LogP contribution in [0, 0.1) is 0 Å². The number of carbonyl (C=O) groups is 2. The minimum atomic E-state index is -0.532. The van der Waals surface area contributed by atoms with Gasteiger partial charge in [0.05, 0.1) is 5.69 Å². The number of carbonyl (C=O) groups excluding carboxylic acids is 2. The first kappa shape index (κ1) is 15.2. The molecule has 2 amide bonds. The number of nitrogens with zero attached hydrogens (tertiary/aromatic N) is 2. The Labute approximate surface area is 152 Å². The smallest absolute Gasteiger partial charge is 0.257 e. The minimum absolute atomic E-state index is 0.130. The third-order valence-electron chi connectivity index (χ3n) is 4.42. The van der Waals surface area contributed by atoms with Gasteiger partial charge in [-0.2, -0.15) is 0 Å². The molecule has 5 rings (SSSR count). The Bertz CT molecular complexity index is 1130. The molecule has 7 heteroatoms. The van der Waals surface area contributed by atoms with E-state index in [0.717, 1.165) is 16.4 Å². The first-order valence-electron chi connectivity index (χ1n) is 8.15. The highest BCUT2D eigenvalue weighted by molar-refractivity contribution is 8.00. The number of thioether (sulfide) groups is 1. The van der Waals surface area contributed by atoms with Crippen molar-refractivity contribution in [1.29, 1.82) is 0 Å². The predicted molar refractivity (Wildman–Crippen MR) is 99.1 cm³/mol. The number of hydrogen-bond donors (Lipinski definition) is 1. The van der Waals surface area contributed by atoms with Gasteiger partial charge in [-0.3, -0.25) is 9.59 Å². The molecule has 128 valence electrons. The zero-order valence-corrected chi connectivity index (χ0v) is 14.3. The van der Waals surface area contributed by atoms with Crippen LogP contribution in [0.25, 0.3) is 22.0 Å². The van der Waals surface area contributed by atoms with Crippen LogP contribution in [0.1, 0.15) is 6.42 Å². The summed E-state index contributed by atoms with van der Waals surface area (Å²) in [4.78, 5) is 34.0. The van der Waals surface area contributed by atoms with E-state index in [9.17, 15) is 9.59 Å². The van der Waals surface area contributed by atoms with Gasteiger partial charge in [-0.15, -0.1) is 0 Å².